The summed E-state index contributed by atoms with van der Waals surface area (Å²) in [4.78, 5) is 14.8. The number of ether oxygens (including phenoxy) is 3. The molecule has 0 saturated heterocycles. The monoisotopic (exact) mass is 275 g/mol. The van der Waals surface area contributed by atoms with Crippen LogP contribution in [-0.2, 0) is 25.6 Å². The third kappa shape index (κ3) is 2.95. The maximum Gasteiger partial charge on any atom is 0.293 e. The normalized spacial score (nSPS) is 11.0. The van der Waals surface area contributed by atoms with Crippen LogP contribution in [0.1, 0.15) is 23.1 Å². The standard InChI is InChI=1S/C15H17NO4/c1-10-4-5-14-12(6-10)13(15(18-2)19-3)7-11(16-14)8-20-9-17/h4-7,9,15H,8H2,1-3H3. The predicted octanol–water partition coefficient (Wildman–Crippen LogP) is 2.51. The summed E-state index contributed by atoms with van der Waals surface area (Å²) in [6, 6.07) is 7.79. The molecule has 5 heteroatoms. The molecule has 1 aromatic heterocycles. The molecular formula is C15H17NO4. The van der Waals surface area contributed by atoms with Crippen LogP contribution in [0.2, 0.25) is 0 Å². The number of aromatic nitrogens is 1. The van der Waals surface area contributed by atoms with Crippen molar-refractivity contribution in [1.82, 2.24) is 4.98 Å². The molecule has 2 rings (SSSR count). The molecule has 106 valence electrons. The highest BCUT2D eigenvalue weighted by Gasteiger charge is 2.15. The zero-order valence-electron chi connectivity index (χ0n) is 11.8. The molecule has 0 unspecified atom stereocenters. The van der Waals surface area contributed by atoms with E-state index in [0.717, 1.165) is 22.0 Å². The molecule has 0 amide bonds. The molecule has 5 nitrogen and oxygen atoms in total. The quantitative estimate of drug-likeness (QED) is 0.599. The second-order valence-electron chi connectivity index (χ2n) is 4.43. The topological polar surface area (TPSA) is 57.7 Å². The van der Waals surface area contributed by atoms with E-state index in [1.165, 1.54) is 0 Å². The number of carbonyl (C=O) groups is 1. The van der Waals surface area contributed by atoms with Crippen molar-refractivity contribution < 1.29 is 19.0 Å². The van der Waals surface area contributed by atoms with E-state index in [1.54, 1.807) is 14.2 Å². The smallest absolute Gasteiger partial charge is 0.293 e. The number of pyridine rings is 1. The molecule has 0 radical (unpaired) electrons. The Hall–Kier alpha value is -1.98. The van der Waals surface area contributed by atoms with Crippen molar-refractivity contribution in [2.24, 2.45) is 0 Å². The molecule has 2 aromatic rings. The number of fused-ring (bicyclic) bond motifs is 1. The summed E-state index contributed by atoms with van der Waals surface area (Å²) in [7, 11) is 3.16. The van der Waals surface area contributed by atoms with Crippen molar-refractivity contribution in [3.63, 3.8) is 0 Å². The van der Waals surface area contributed by atoms with Gasteiger partial charge in [-0.25, -0.2) is 4.98 Å². The first-order valence-electron chi connectivity index (χ1n) is 6.20. The van der Waals surface area contributed by atoms with Gasteiger partial charge in [-0.2, -0.15) is 0 Å². The molecule has 0 saturated carbocycles. The Morgan fingerprint density at radius 3 is 2.65 bits per heavy atom. The van der Waals surface area contributed by atoms with Gasteiger partial charge in [0, 0.05) is 25.2 Å². The Bertz CT molecular complexity index is 608. The summed E-state index contributed by atoms with van der Waals surface area (Å²) in [6.45, 7) is 2.55. The fraction of sp³-hybridized carbons (Fsp3) is 0.333. The highest BCUT2D eigenvalue weighted by molar-refractivity contribution is 5.83. The van der Waals surface area contributed by atoms with E-state index < -0.39 is 6.29 Å². The fourth-order valence-electron chi connectivity index (χ4n) is 2.16. The summed E-state index contributed by atoms with van der Waals surface area (Å²) >= 11 is 0. The third-order valence-electron chi connectivity index (χ3n) is 3.03. The number of hydrogen-bond donors (Lipinski definition) is 0. The van der Waals surface area contributed by atoms with Crippen LogP contribution in [0.4, 0.5) is 0 Å². The summed E-state index contributed by atoms with van der Waals surface area (Å²) in [6.07, 6.45) is -0.489. The molecular weight excluding hydrogens is 258 g/mol. The van der Waals surface area contributed by atoms with Gasteiger partial charge in [0.1, 0.15) is 6.61 Å². The zero-order chi connectivity index (χ0) is 14.5. The molecule has 0 aliphatic carbocycles. The number of rotatable bonds is 6. The van der Waals surface area contributed by atoms with Crippen LogP contribution in [-0.4, -0.2) is 25.7 Å². The molecule has 0 fully saturated rings. The number of hydrogen-bond acceptors (Lipinski definition) is 5. The predicted molar refractivity (Wildman–Crippen MR) is 74.1 cm³/mol. The van der Waals surface area contributed by atoms with E-state index in [9.17, 15) is 4.79 Å². The molecule has 0 spiro atoms. The molecule has 0 N–H and O–H groups in total. The van der Waals surface area contributed by atoms with Gasteiger partial charge in [0.25, 0.3) is 6.47 Å². The van der Waals surface area contributed by atoms with Gasteiger partial charge in [-0.1, -0.05) is 11.6 Å². The fourth-order valence-corrected chi connectivity index (χ4v) is 2.16. The highest BCUT2D eigenvalue weighted by atomic mass is 16.7. The minimum atomic E-state index is -0.489. The molecule has 0 aliphatic rings. The number of methoxy groups -OCH3 is 2. The van der Waals surface area contributed by atoms with Crippen molar-refractivity contribution >= 4 is 17.4 Å². The first kappa shape index (κ1) is 14.4. The largest absolute Gasteiger partial charge is 0.461 e. The van der Waals surface area contributed by atoms with Crippen molar-refractivity contribution in [3.05, 3.63) is 41.1 Å². The third-order valence-corrected chi connectivity index (χ3v) is 3.03. The van der Waals surface area contributed by atoms with Gasteiger partial charge < -0.3 is 14.2 Å². The van der Waals surface area contributed by atoms with Gasteiger partial charge in [0.2, 0.25) is 0 Å². The second-order valence-corrected chi connectivity index (χ2v) is 4.43. The molecule has 20 heavy (non-hydrogen) atoms. The second kappa shape index (κ2) is 6.45. The number of benzene rings is 1. The van der Waals surface area contributed by atoms with Crippen molar-refractivity contribution in [1.29, 1.82) is 0 Å². The summed E-state index contributed by atoms with van der Waals surface area (Å²) in [5.74, 6) is 0. The molecule has 1 aromatic carbocycles. The van der Waals surface area contributed by atoms with Crippen LogP contribution >= 0.6 is 0 Å². The zero-order valence-corrected chi connectivity index (χ0v) is 11.8. The van der Waals surface area contributed by atoms with E-state index >= 15 is 0 Å². The summed E-state index contributed by atoms with van der Waals surface area (Å²) in [5, 5.41) is 0.966. The van der Waals surface area contributed by atoms with E-state index in [4.69, 9.17) is 14.2 Å². The van der Waals surface area contributed by atoms with Crippen LogP contribution in [0.25, 0.3) is 10.9 Å². The number of aryl methyl sites for hydroxylation is 1. The van der Waals surface area contributed by atoms with Crippen LogP contribution in [0.15, 0.2) is 24.3 Å². The van der Waals surface area contributed by atoms with E-state index in [1.807, 2.05) is 31.2 Å². The SMILES string of the molecule is COC(OC)c1cc(COC=O)nc2ccc(C)cc12. The van der Waals surface area contributed by atoms with Crippen LogP contribution in [0.5, 0.6) is 0 Å². The first-order chi connectivity index (χ1) is 9.69. The maximum atomic E-state index is 10.3. The van der Waals surface area contributed by atoms with Crippen LogP contribution in [0.3, 0.4) is 0 Å². The molecule has 1 heterocycles. The van der Waals surface area contributed by atoms with Gasteiger partial charge in [-0.3, -0.25) is 4.79 Å². The van der Waals surface area contributed by atoms with Gasteiger partial charge >= 0.3 is 0 Å². The summed E-state index contributed by atoms with van der Waals surface area (Å²) < 4.78 is 15.4. The first-order valence-corrected chi connectivity index (χ1v) is 6.20. The van der Waals surface area contributed by atoms with Crippen molar-refractivity contribution in [3.8, 4) is 0 Å². The van der Waals surface area contributed by atoms with Gasteiger partial charge in [-0.15, -0.1) is 0 Å². The number of nitrogens with zero attached hydrogens (tertiary/aromatic N) is 1. The van der Waals surface area contributed by atoms with Crippen molar-refractivity contribution in [2.45, 2.75) is 19.8 Å². The maximum absolute atomic E-state index is 10.3. The van der Waals surface area contributed by atoms with Crippen LogP contribution < -0.4 is 0 Å². The number of carbonyl (C=O) groups excluding carboxylic acids is 1. The van der Waals surface area contributed by atoms with Gasteiger partial charge in [0.05, 0.1) is 11.2 Å². The Labute approximate surface area is 117 Å². The Kier molecular flexibility index (Phi) is 4.65. The lowest BCUT2D eigenvalue weighted by Gasteiger charge is -2.17. The summed E-state index contributed by atoms with van der Waals surface area (Å²) in [5.41, 5.74) is 3.47. The van der Waals surface area contributed by atoms with E-state index in [-0.39, 0.29) is 6.61 Å². The lowest BCUT2D eigenvalue weighted by Crippen LogP contribution is -2.07. The Morgan fingerprint density at radius 2 is 2.00 bits per heavy atom. The lowest BCUT2D eigenvalue weighted by atomic mass is 10.0. The minimum Gasteiger partial charge on any atom is -0.461 e. The Balaban J connectivity index is 2.59. The van der Waals surface area contributed by atoms with Crippen molar-refractivity contribution in [2.75, 3.05) is 14.2 Å². The minimum absolute atomic E-state index is 0.125. The molecule has 0 aliphatic heterocycles. The van der Waals surface area contributed by atoms with Gasteiger partial charge in [-0.05, 0) is 25.1 Å². The molecule has 0 atom stereocenters. The lowest BCUT2D eigenvalue weighted by molar-refractivity contribution is -0.129. The molecule has 0 bridgehead atoms. The average Bonchev–Trinajstić information content (AvgIpc) is 2.46. The van der Waals surface area contributed by atoms with Crippen LogP contribution in [0, 0.1) is 6.92 Å². The van der Waals surface area contributed by atoms with Gasteiger partial charge in [0.15, 0.2) is 6.29 Å². The van der Waals surface area contributed by atoms with E-state index in [0.29, 0.717) is 12.2 Å². The average molecular weight is 275 g/mol. The highest BCUT2D eigenvalue weighted by Crippen LogP contribution is 2.27. The van der Waals surface area contributed by atoms with E-state index in [2.05, 4.69) is 4.98 Å². The Morgan fingerprint density at radius 1 is 1.25 bits per heavy atom.